The average Bonchev–Trinajstić information content (AvgIpc) is 1.50. The first-order valence-corrected chi connectivity index (χ1v) is 3.88. The fraction of sp³-hybridized carbons (Fsp3) is 1.00. The summed E-state index contributed by atoms with van der Waals surface area (Å²) in [5.74, 6) is 0. The van der Waals surface area contributed by atoms with E-state index in [1.807, 2.05) is 5.70 Å². The van der Waals surface area contributed by atoms with Crippen molar-refractivity contribution < 1.29 is 0 Å². The summed E-state index contributed by atoms with van der Waals surface area (Å²) in [4.78, 5) is 0. The molecule has 0 radical (unpaired) electrons. The third kappa shape index (κ3) is 11.0. The smallest absolute Gasteiger partial charge is 0.181 e. The third-order valence-electron chi connectivity index (χ3n) is 0. The van der Waals surface area contributed by atoms with Crippen LogP contribution in [0.25, 0.3) is 0 Å². The van der Waals surface area contributed by atoms with Gasteiger partial charge in [-0.2, -0.15) is 35.0 Å². The summed E-state index contributed by atoms with van der Waals surface area (Å²) < 4.78 is 0. The lowest BCUT2D eigenvalue weighted by Gasteiger charge is -1.11. The molecule has 0 saturated heterocycles. The molecule has 0 aromatic rings. The highest BCUT2D eigenvalue weighted by Gasteiger charge is 1.02. The summed E-state index contributed by atoms with van der Waals surface area (Å²) in [5.41, 5.74) is 1.97. The first-order chi connectivity index (χ1) is 2.00. The van der Waals surface area contributed by atoms with Crippen molar-refractivity contribution in [2.24, 2.45) is 0 Å². The Kier molecular flexibility index (Phi) is 69.9. The maximum absolute atomic E-state index is 3.53. The maximum Gasteiger partial charge on any atom is 0.181 e. The normalized spacial score (nSPS) is 2.75. The molecule has 0 aromatic carbocycles. The lowest BCUT2D eigenvalue weighted by molar-refractivity contribution is 2.55. The highest BCUT2D eigenvalue weighted by molar-refractivity contribution is 14.1. The Labute approximate surface area is 47.0 Å². The van der Waals surface area contributed by atoms with Crippen molar-refractivity contribution in [3.63, 3.8) is 0 Å². The molecule has 0 unspecified atom stereocenters. The van der Waals surface area contributed by atoms with Crippen LogP contribution >= 0.6 is 35.0 Å². The van der Waals surface area contributed by atoms with E-state index in [2.05, 4.69) is 35.0 Å². The highest BCUT2D eigenvalue weighted by atomic mass is 127. The first kappa shape index (κ1) is 8.94. The molecule has 0 aromatic heterocycles. The quantitative estimate of drug-likeness (QED) is 0.319. The Morgan fingerprint density at radius 3 is 1.50 bits per heavy atom. The Bertz CT molecular complexity index is 8.00. The van der Waals surface area contributed by atoms with E-state index in [-0.39, 0.29) is 0 Å². The molecule has 26 valence electrons. The largest absolute Gasteiger partial charge is 0.183 e. The van der Waals surface area contributed by atoms with Crippen molar-refractivity contribution in [1.82, 2.24) is 0 Å². The van der Waals surface area contributed by atoms with Crippen molar-refractivity contribution >= 4 is 40.7 Å². The molecule has 3 heteroatoms. The van der Waals surface area contributed by atoms with Crippen LogP contribution in [0, 0.1) is 0 Å². The van der Waals surface area contributed by atoms with Crippen LogP contribution in [0.3, 0.4) is 0 Å². The molecular formula is CH6BIS. The van der Waals surface area contributed by atoms with E-state index >= 15 is 0 Å². The van der Waals surface area contributed by atoms with Crippen LogP contribution in [0.4, 0.5) is 0 Å². The summed E-state index contributed by atoms with van der Waals surface area (Å²) >= 11 is 5.68. The molecule has 0 bridgehead atoms. The van der Waals surface area contributed by atoms with Crippen LogP contribution in [-0.2, 0) is 0 Å². The fourth-order valence-corrected chi connectivity index (χ4v) is 0. The summed E-state index contributed by atoms with van der Waals surface area (Å²) in [5, 5.41) is 0. The summed E-state index contributed by atoms with van der Waals surface area (Å²) in [7, 11) is 0. The van der Waals surface area contributed by atoms with Crippen molar-refractivity contribution in [2.75, 3.05) is 6.26 Å². The number of hydrogen-bond donors (Lipinski definition) is 1. The van der Waals surface area contributed by atoms with Crippen LogP contribution in [-0.4, -0.2) is 12.0 Å². The van der Waals surface area contributed by atoms with Crippen LogP contribution in [0.1, 0.15) is 0 Å². The van der Waals surface area contributed by atoms with E-state index in [4.69, 9.17) is 0 Å². The van der Waals surface area contributed by atoms with Crippen LogP contribution < -0.4 is 0 Å². The van der Waals surface area contributed by atoms with Gasteiger partial charge in [0.25, 0.3) is 0 Å². The second-order valence-electron chi connectivity index (χ2n) is 0. The van der Waals surface area contributed by atoms with Gasteiger partial charge in [-0.3, -0.25) is 0 Å². The predicted molar refractivity (Wildman–Crippen MR) is 37.5 cm³/mol. The molecule has 0 fully saturated rings. The van der Waals surface area contributed by atoms with Gasteiger partial charge in [-0.1, -0.05) is 0 Å². The molecule has 0 saturated carbocycles. The second kappa shape index (κ2) is 31.3. The molecule has 0 amide bonds. The molecule has 4 heavy (non-hydrogen) atoms. The monoisotopic (exact) mass is 188 g/mol. The molecule has 0 nitrogen and oxygen atoms in total. The molecule has 0 N–H and O–H groups in total. The van der Waals surface area contributed by atoms with Gasteiger partial charge in [-0.15, -0.1) is 0 Å². The number of rotatable bonds is 0. The van der Waals surface area contributed by atoms with Gasteiger partial charge < -0.3 is 0 Å². The van der Waals surface area contributed by atoms with Crippen molar-refractivity contribution in [3.8, 4) is 0 Å². The van der Waals surface area contributed by atoms with Crippen molar-refractivity contribution in [2.45, 2.75) is 0 Å². The SMILES string of the molecule is BI.CS. The number of thiol groups is 1. The van der Waals surface area contributed by atoms with Gasteiger partial charge in [0.15, 0.2) is 5.70 Å². The highest BCUT2D eigenvalue weighted by Crippen LogP contribution is 1.44. The third-order valence-corrected chi connectivity index (χ3v) is 0. The average molecular weight is 188 g/mol. The summed E-state index contributed by atoms with van der Waals surface area (Å²) in [6, 6.07) is 0. The van der Waals surface area contributed by atoms with Gasteiger partial charge in [-0.05, 0) is 6.26 Å². The van der Waals surface area contributed by atoms with Gasteiger partial charge >= 0.3 is 0 Å². The van der Waals surface area contributed by atoms with E-state index in [1.54, 1.807) is 6.26 Å². The van der Waals surface area contributed by atoms with Crippen LogP contribution in [0.2, 0.25) is 0 Å². The zero-order valence-corrected chi connectivity index (χ0v) is 5.88. The first-order valence-electron chi connectivity index (χ1n) is 0.825. The molecular weight excluding hydrogens is 182 g/mol. The second-order valence-corrected chi connectivity index (χ2v) is 0. The number of halogens is 1. The fourth-order valence-electron chi connectivity index (χ4n) is 0. The molecule has 0 aliphatic carbocycles. The van der Waals surface area contributed by atoms with E-state index in [0.29, 0.717) is 0 Å². The Morgan fingerprint density at radius 1 is 1.50 bits per heavy atom. The minimum Gasteiger partial charge on any atom is -0.183 e. The van der Waals surface area contributed by atoms with Crippen molar-refractivity contribution in [3.05, 3.63) is 0 Å². The molecule has 0 atom stereocenters. The molecule has 0 heterocycles. The van der Waals surface area contributed by atoms with Crippen LogP contribution in [0.15, 0.2) is 0 Å². The van der Waals surface area contributed by atoms with E-state index < -0.39 is 0 Å². The Morgan fingerprint density at radius 2 is 1.50 bits per heavy atom. The van der Waals surface area contributed by atoms with Gasteiger partial charge in [0, 0.05) is 0 Å². The van der Waals surface area contributed by atoms with Gasteiger partial charge in [-0.25, -0.2) is 0 Å². The van der Waals surface area contributed by atoms with Crippen LogP contribution in [0.5, 0.6) is 0 Å². The molecule has 0 spiro atoms. The van der Waals surface area contributed by atoms with Gasteiger partial charge in [0.1, 0.15) is 0 Å². The summed E-state index contributed by atoms with van der Waals surface area (Å²) in [6.07, 6.45) is 1.69. The topological polar surface area (TPSA) is 0 Å². The molecule has 0 aliphatic rings. The Balaban J connectivity index is 0. The van der Waals surface area contributed by atoms with E-state index in [1.165, 1.54) is 0 Å². The van der Waals surface area contributed by atoms with E-state index in [9.17, 15) is 0 Å². The van der Waals surface area contributed by atoms with Crippen molar-refractivity contribution in [1.29, 1.82) is 0 Å². The van der Waals surface area contributed by atoms with E-state index in [0.717, 1.165) is 0 Å². The van der Waals surface area contributed by atoms with Gasteiger partial charge in [0.05, 0.1) is 0 Å². The zero-order valence-electron chi connectivity index (χ0n) is 2.83. The zero-order chi connectivity index (χ0) is 4.00. The minimum absolute atomic E-state index is 1.69. The predicted octanol–water partition coefficient (Wildman–Crippen LogP) is 0.515. The summed E-state index contributed by atoms with van der Waals surface area (Å²) in [6.45, 7) is 0. The lowest BCUT2D eigenvalue weighted by atomic mass is 10.8. The lowest BCUT2D eigenvalue weighted by Crippen LogP contribution is -0.931. The maximum atomic E-state index is 3.53. The number of hydrogen-bond acceptors (Lipinski definition) is 1. The molecule has 0 aliphatic heterocycles. The Hall–Kier alpha value is 1.14. The van der Waals surface area contributed by atoms with Gasteiger partial charge in [0.2, 0.25) is 0 Å². The minimum atomic E-state index is 1.69. The molecule has 0 rings (SSSR count). The standard InChI is InChI=1S/CH4S.BH2I/c2*1-2/h2H,1H3;1H2.